The first-order valence-electron chi connectivity index (χ1n) is 7.51. The summed E-state index contributed by atoms with van der Waals surface area (Å²) in [5.74, 6) is 0.00575. The fraction of sp³-hybridized carbons (Fsp3) is 0.500. The Labute approximate surface area is 128 Å². The normalized spacial score (nSPS) is 17.6. The number of hydrogen-bond acceptors (Lipinski definition) is 4. The van der Waals surface area contributed by atoms with Crippen molar-refractivity contribution < 1.29 is 4.79 Å². The van der Waals surface area contributed by atoms with Gasteiger partial charge in [0, 0.05) is 17.8 Å². The zero-order valence-electron chi connectivity index (χ0n) is 12.0. The molecule has 110 valence electrons. The Hall–Kier alpha value is -1.64. The van der Waals surface area contributed by atoms with Crippen molar-refractivity contribution in [3.05, 3.63) is 27.7 Å². The van der Waals surface area contributed by atoms with E-state index in [1.807, 2.05) is 0 Å². The van der Waals surface area contributed by atoms with E-state index in [-0.39, 0.29) is 5.91 Å². The van der Waals surface area contributed by atoms with Crippen LogP contribution < -0.4 is 10.6 Å². The Morgan fingerprint density at radius 1 is 1.43 bits per heavy atom. The Morgan fingerprint density at radius 2 is 2.33 bits per heavy atom. The molecule has 1 aliphatic heterocycles. The highest BCUT2D eigenvalue weighted by Gasteiger charge is 2.21. The molecule has 1 aliphatic carbocycles. The third kappa shape index (κ3) is 3.17. The van der Waals surface area contributed by atoms with Crippen LogP contribution in [0.25, 0.3) is 0 Å². The lowest BCUT2D eigenvalue weighted by molar-refractivity contribution is -0.115. The van der Waals surface area contributed by atoms with Crippen molar-refractivity contribution in [2.24, 2.45) is 0 Å². The zero-order chi connectivity index (χ0) is 14.7. The fourth-order valence-corrected chi connectivity index (χ4v) is 4.17. The van der Waals surface area contributed by atoms with Gasteiger partial charge in [-0.15, -0.1) is 11.3 Å². The minimum Gasteiger partial charge on any atom is -0.316 e. The highest BCUT2D eigenvalue weighted by molar-refractivity contribution is 7.16. The van der Waals surface area contributed by atoms with Crippen molar-refractivity contribution in [2.45, 2.75) is 45.1 Å². The van der Waals surface area contributed by atoms with Gasteiger partial charge in [0.25, 0.3) is 0 Å². The molecular weight excluding hydrogens is 282 g/mol. The van der Waals surface area contributed by atoms with Gasteiger partial charge in [0.2, 0.25) is 5.91 Å². The standard InChI is InChI=1S/C16H19N3OS/c17-9-13-12-6-7-18-10-14(12)21-16(13)19-15(20)8-11-4-2-1-3-5-11/h4,18H,1-3,5-8,10H2,(H,19,20). The number of thiophene rings is 1. The first kappa shape index (κ1) is 14.3. The van der Waals surface area contributed by atoms with E-state index in [0.29, 0.717) is 12.0 Å². The summed E-state index contributed by atoms with van der Waals surface area (Å²) in [5.41, 5.74) is 3.02. The van der Waals surface area contributed by atoms with E-state index in [2.05, 4.69) is 22.8 Å². The quantitative estimate of drug-likeness (QED) is 0.843. The first-order valence-corrected chi connectivity index (χ1v) is 8.32. The van der Waals surface area contributed by atoms with E-state index in [9.17, 15) is 10.1 Å². The van der Waals surface area contributed by atoms with Crippen molar-refractivity contribution in [3.8, 4) is 6.07 Å². The summed E-state index contributed by atoms with van der Waals surface area (Å²) in [6, 6.07) is 2.27. The smallest absolute Gasteiger partial charge is 0.229 e. The number of fused-ring (bicyclic) bond motifs is 1. The summed E-state index contributed by atoms with van der Waals surface area (Å²) in [6.45, 7) is 1.70. The molecule has 5 heteroatoms. The van der Waals surface area contributed by atoms with Crippen molar-refractivity contribution in [1.29, 1.82) is 5.26 Å². The molecule has 0 bridgehead atoms. The molecule has 0 saturated carbocycles. The summed E-state index contributed by atoms with van der Waals surface area (Å²) in [6.07, 6.45) is 8.06. The lowest BCUT2D eigenvalue weighted by atomic mass is 9.97. The van der Waals surface area contributed by atoms with Gasteiger partial charge in [-0.3, -0.25) is 4.79 Å². The summed E-state index contributed by atoms with van der Waals surface area (Å²) in [7, 11) is 0. The minimum atomic E-state index is 0.00575. The number of nitriles is 1. The minimum absolute atomic E-state index is 0.00575. The molecule has 3 rings (SSSR count). The molecular formula is C16H19N3OS. The number of carbonyl (C=O) groups excluding carboxylic acids is 1. The lowest BCUT2D eigenvalue weighted by Gasteiger charge is -2.12. The molecule has 1 aromatic heterocycles. The monoisotopic (exact) mass is 301 g/mol. The lowest BCUT2D eigenvalue weighted by Crippen LogP contribution is -2.22. The predicted molar refractivity (Wildman–Crippen MR) is 84.2 cm³/mol. The van der Waals surface area contributed by atoms with Gasteiger partial charge in [-0.2, -0.15) is 5.26 Å². The molecule has 1 aromatic rings. The number of nitrogens with one attached hydrogen (secondary N) is 2. The Bertz CT molecular complexity index is 624. The van der Waals surface area contributed by atoms with Gasteiger partial charge in [-0.05, 0) is 44.2 Å². The molecule has 0 atom stereocenters. The number of carbonyl (C=O) groups is 1. The van der Waals surface area contributed by atoms with Crippen molar-refractivity contribution in [2.75, 3.05) is 11.9 Å². The van der Waals surface area contributed by atoms with Gasteiger partial charge >= 0.3 is 0 Å². The molecule has 0 aromatic carbocycles. The van der Waals surface area contributed by atoms with Gasteiger partial charge in [0.1, 0.15) is 11.1 Å². The summed E-state index contributed by atoms with van der Waals surface area (Å²) in [5, 5.41) is 16.4. The van der Waals surface area contributed by atoms with E-state index in [1.165, 1.54) is 23.3 Å². The molecule has 2 heterocycles. The van der Waals surface area contributed by atoms with E-state index in [1.54, 1.807) is 11.3 Å². The van der Waals surface area contributed by atoms with Gasteiger partial charge < -0.3 is 10.6 Å². The van der Waals surface area contributed by atoms with Crippen molar-refractivity contribution >= 4 is 22.2 Å². The summed E-state index contributed by atoms with van der Waals surface area (Å²) in [4.78, 5) is 13.4. The first-order chi connectivity index (χ1) is 10.3. The highest BCUT2D eigenvalue weighted by Crippen LogP contribution is 2.35. The number of amides is 1. The second kappa shape index (κ2) is 6.42. The maximum atomic E-state index is 12.2. The molecule has 2 N–H and O–H groups in total. The number of hydrogen-bond donors (Lipinski definition) is 2. The van der Waals surface area contributed by atoms with Crippen molar-refractivity contribution in [1.82, 2.24) is 5.32 Å². The van der Waals surface area contributed by atoms with E-state index in [4.69, 9.17) is 0 Å². The van der Waals surface area contributed by atoms with Crippen LogP contribution in [0.5, 0.6) is 0 Å². The molecule has 0 fully saturated rings. The van der Waals surface area contributed by atoms with Crippen LogP contribution >= 0.6 is 11.3 Å². The molecule has 0 radical (unpaired) electrons. The molecule has 0 spiro atoms. The maximum absolute atomic E-state index is 12.2. The Morgan fingerprint density at radius 3 is 3.10 bits per heavy atom. The van der Waals surface area contributed by atoms with Crippen LogP contribution in [0.2, 0.25) is 0 Å². The zero-order valence-corrected chi connectivity index (χ0v) is 12.8. The Balaban J connectivity index is 1.72. The number of nitrogens with zero attached hydrogens (tertiary/aromatic N) is 1. The molecule has 2 aliphatic rings. The van der Waals surface area contributed by atoms with Crippen LogP contribution in [0.3, 0.4) is 0 Å². The van der Waals surface area contributed by atoms with Gasteiger partial charge in [-0.25, -0.2) is 0 Å². The Kier molecular flexibility index (Phi) is 4.37. The van der Waals surface area contributed by atoms with E-state index in [0.717, 1.165) is 42.9 Å². The highest BCUT2D eigenvalue weighted by atomic mass is 32.1. The summed E-state index contributed by atoms with van der Waals surface area (Å²) >= 11 is 1.54. The molecule has 0 unspecified atom stereocenters. The average molecular weight is 301 g/mol. The fourth-order valence-electron chi connectivity index (χ4n) is 2.98. The van der Waals surface area contributed by atoms with Gasteiger partial charge in [0.05, 0.1) is 5.56 Å². The second-order valence-corrected chi connectivity index (χ2v) is 6.68. The van der Waals surface area contributed by atoms with Crippen LogP contribution in [0.1, 0.15) is 48.1 Å². The van der Waals surface area contributed by atoms with E-state index >= 15 is 0 Å². The molecule has 21 heavy (non-hydrogen) atoms. The van der Waals surface area contributed by atoms with Crippen LogP contribution in [0.4, 0.5) is 5.00 Å². The second-order valence-electron chi connectivity index (χ2n) is 5.58. The maximum Gasteiger partial charge on any atom is 0.229 e. The molecule has 4 nitrogen and oxygen atoms in total. The van der Waals surface area contributed by atoms with Crippen molar-refractivity contribution in [3.63, 3.8) is 0 Å². The van der Waals surface area contributed by atoms with Gasteiger partial charge in [0.15, 0.2) is 0 Å². The number of anilines is 1. The number of rotatable bonds is 3. The largest absolute Gasteiger partial charge is 0.316 e. The van der Waals surface area contributed by atoms with E-state index < -0.39 is 0 Å². The summed E-state index contributed by atoms with van der Waals surface area (Å²) < 4.78 is 0. The van der Waals surface area contributed by atoms with Crippen LogP contribution in [-0.4, -0.2) is 12.5 Å². The van der Waals surface area contributed by atoms with Crippen LogP contribution in [0, 0.1) is 11.3 Å². The molecule has 0 saturated heterocycles. The average Bonchev–Trinajstić information content (AvgIpc) is 2.85. The molecule has 1 amide bonds. The van der Waals surface area contributed by atoms with Crippen LogP contribution in [-0.2, 0) is 17.8 Å². The van der Waals surface area contributed by atoms with Crippen LogP contribution in [0.15, 0.2) is 11.6 Å². The predicted octanol–water partition coefficient (Wildman–Crippen LogP) is 3.09. The number of allylic oxidation sites excluding steroid dienone is 1. The van der Waals surface area contributed by atoms with Gasteiger partial charge in [-0.1, -0.05) is 11.6 Å². The third-order valence-electron chi connectivity index (χ3n) is 4.07. The topological polar surface area (TPSA) is 64.9 Å². The SMILES string of the molecule is N#Cc1c(NC(=O)CC2=CCCCC2)sc2c1CCNC2. The third-order valence-corrected chi connectivity index (χ3v) is 5.21.